The smallest absolute Gasteiger partial charge is 0.313 e. The van der Waals surface area contributed by atoms with Crippen LogP contribution < -0.4 is 15.5 Å². The van der Waals surface area contributed by atoms with Crippen molar-refractivity contribution in [2.24, 2.45) is 0 Å². The zero-order chi connectivity index (χ0) is 15.1. The molecule has 2 amide bonds. The SMILES string of the molecule is Cc1cccc(NC(=O)C(=O)NCC[NH+]2CCOCC2)c1. The molecule has 2 rings (SSSR count). The largest absolute Gasteiger partial charge is 0.370 e. The van der Waals surface area contributed by atoms with Gasteiger partial charge in [-0.05, 0) is 24.6 Å². The molecule has 1 aromatic carbocycles. The van der Waals surface area contributed by atoms with Gasteiger partial charge in [-0.3, -0.25) is 9.59 Å². The number of carbonyl (C=O) groups excluding carboxylic acids is 2. The van der Waals surface area contributed by atoms with Crippen LogP contribution in [0, 0.1) is 6.92 Å². The number of rotatable bonds is 4. The van der Waals surface area contributed by atoms with Gasteiger partial charge in [0.2, 0.25) is 0 Å². The molecule has 0 unspecified atom stereocenters. The summed E-state index contributed by atoms with van der Waals surface area (Å²) in [4.78, 5) is 24.9. The van der Waals surface area contributed by atoms with Crippen molar-refractivity contribution in [3.63, 3.8) is 0 Å². The average molecular weight is 292 g/mol. The fourth-order valence-electron chi connectivity index (χ4n) is 2.25. The molecule has 0 spiro atoms. The highest BCUT2D eigenvalue weighted by Crippen LogP contribution is 2.08. The Morgan fingerprint density at radius 3 is 2.71 bits per heavy atom. The molecule has 1 saturated heterocycles. The highest BCUT2D eigenvalue weighted by atomic mass is 16.5. The van der Waals surface area contributed by atoms with Crippen LogP contribution in [0.5, 0.6) is 0 Å². The minimum absolute atomic E-state index is 0.495. The molecule has 3 N–H and O–H groups in total. The van der Waals surface area contributed by atoms with Gasteiger partial charge in [0, 0.05) is 5.69 Å². The lowest BCUT2D eigenvalue weighted by Gasteiger charge is -2.23. The van der Waals surface area contributed by atoms with Crippen molar-refractivity contribution in [2.45, 2.75) is 6.92 Å². The van der Waals surface area contributed by atoms with E-state index >= 15 is 0 Å². The van der Waals surface area contributed by atoms with Crippen LogP contribution in [0.25, 0.3) is 0 Å². The molecule has 1 fully saturated rings. The van der Waals surface area contributed by atoms with Crippen molar-refractivity contribution >= 4 is 17.5 Å². The summed E-state index contributed by atoms with van der Waals surface area (Å²) in [5.74, 6) is -1.22. The Labute approximate surface area is 124 Å². The van der Waals surface area contributed by atoms with Crippen LogP contribution in [0.3, 0.4) is 0 Å². The molecule has 1 aliphatic rings. The molecule has 6 nitrogen and oxygen atoms in total. The molecule has 0 atom stereocenters. The standard InChI is InChI=1S/C15H21N3O3/c1-12-3-2-4-13(11-12)17-15(20)14(19)16-5-6-18-7-9-21-10-8-18/h2-4,11H,5-10H2,1H3,(H,16,19)(H,17,20)/p+1. The Morgan fingerprint density at radius 1 is 1.24 bits per heavy atom. The summed E-state index contributed by atoms with van der Waals surface area (Å²) in [5, 5.41) is 5.25. The van der Waals surface area contributed by atoms with Gasteiger partial charge >= 0.3 is 11.8 Å². The highest BCUT2D eigenvalue weighted by molar-refractivity contribution is 6.39. The van der Waals surface area contributed by atoms with Gasteiger partial charge in [-0.15, -0.1) is 0 Å². The van der Waals surface area contributed by atoms with Crippen LogP contribution in [0.4, 0.5) is 5.69 Å². The molecular weight excluding hydrogens is 270 g/mol. The summed E-state index contributed by atoms with van der Waals surface area (Å²) >= 11 is 0. The summed E-state index contributed by atoms with van der Waals surface area (Å²) in [7, 11) is 0. The van der Waals surface area contributed by atoms with Crippen molar-refractivity contribution in [1.82, 2.24) is 5.32 Å². The van der Waals surface area contributed by atoms with E-state index in [4.69, 9.17) is 4.74 Å². The second-order valence-electron chi connectivity index (χ2n) is 5.19. The van der Waals surface area contributed by atoms with E-state index in [1.165, 1.54) is 4.90 Å². The summed E-state index contributed by atoms with van der Waals surface area (Å²) in [6, 6.07) is 7.35. The summed E-state index contributed by atoms with van der Waals surface area (Å²) < 4.78 is 5.27. The van der Waals surface area contributed by atoms with Gasteiger partial charge in [0.25, 0.3) is 0 Å². The number of quaternary nitrogens is 1. The lowest BCUT2D eigenvalue weighted by Crippen LogP contribution is -3.14. The molecule has 1 heterocycles. The fourth-order valence-corrected chi connectivity index (χ4v) is 2.25. The van der Waals surface area contributed by atoms with E-state index in [0.717, 1.165) is 38.4 Å². The Hall–Kier alpha value is -1.92. The molecule has 1 aliphatic heterocycles. The molecule has 21 heavy (non-hydrogen) atoms. The number of hydrogen-bond donors (Lipinski definition) is 3. The van der Waals surface area contributed by atoms with Crippen molar-refractivity contribution < 1.29 is 19.2 Å². The first-order valence-electron chi connectivity index (χ1n) is 7.22. The number of ether oxygens (including phenoxy) is 1. The fraction of sp³-hybridized carbons (Fsp3) is 0.467. The second kappa shape index (κ2) is 7.75. The number of benzene rings is 1. The van der Waals surface area contributed by atoms with Gasteiger partial charge in [-0.2, -0.15) is 0 Å². The first-order chi connectivity index (χ1) is 10.1. The number of carbonyl (C=O) groups is 2. The second-order valence-corrected chi connectivity index (χ2v) is 5.19. The van der Waals surface area contributed by atoms with Crippen LogP contribution in [-0.2, 0) is 14.3 Å². The number of hydrogen-bond acceptors (Lipinski definition) is 3. The van der Waals surface area contributed by atoms with E-state index in [1.807, 2.05) is 25.1 Å². The Kier molecular flexibility index (Phi) is 5.71. The summed E-state index contributed by atoms with van der Waals surface area (Å²) in [6.45, 7) is 6.66. The third-order valence-electron chi connectivity index (χ3n) is 3.45. The molecule has 0 bridgehead atoms. The van der Waals surface area contributed by atoms with E-state index in [1.54, 1.807) is 6.07 Å². The molecule has 0 radical (unpaired) electrons. The predicted octanol–water partition coefficient (Wildman–Crippen LogP) is -1.04. The third kappa shape index (κ3) is 5.17. The quantitative estimate of drug-likeness (QED) is 0.621. The van der Waals surface area contributed by atoms with Gasteiger partial charge in [-0.25, -0.2) is 0 Å². The van der Waals surface area contributed by atoms with Crippen LogP contribution in [0.1, 0.15) is 5.56 Å². The van der Waals surface area contributed by atoms with Gasteiger partial charge in [0.15, 0.2) is 0 Å². The average Bonchev–Trinajstić information content (AvgIpc) is 2.48. The summed E-state index contributed by atoms with van der Waals surface area (Å²) in [6.07, 6.45) is 0. The van der Waals surface area contributed by atoms with Crippen LogP contribution >= 0.6 is 0 Å². The Balaban J connectivity index is 1.71. The Bertz CT molecular complexity index is 499. The van der Waals surface area contributed by atoms with Gasteiger partial charge < -0.3 is 20.3 Å². The first-order valence-corrected chi connectivity index (χ1v) is 7.22. The number of amides is 2. The van der Waals surface area contributed by atoms with Crippen molar-refractivity contribution in [3.8, 4) is 0 Å². The zero-order valence-corrected chi connectivity index (χ0v) is 12.3. The highest BCUT2D eigenvalue weighted by Gasteiger charge is 2.16. The zero-order valence-electron chi connectivity index (χ0n) is 12.3. The lowest BCUT2D eigenvalue weighted by atomic mass is 10.2. The number of nitrogens with one attached hydrogen (secondary N) is 3. The molecule has 0 aromatic heterocycles. The maximum absolute atomic E-state index is 11.8. The molecular formula is C15H22N3O3+. The maximum atomic E-state index is 11.8. The number of aryl methyl sites for hydroxylation is 1. The van der Waals surface area contributed by atoms with Gasteiger partial charge in [-0.1, -0.05) is 12.1 Å². The van der Waals surface area contributed by atoms with Crippen LogP contribution in [-0.4, -0.2) is 51.2 Å². The van der Waals surface area contributed by atoms with E-state index in [2.05, 4.69) is 10.6 Å². The van der Waals surface area contributed by atoms with Crippen LogP contribution in [0.2, 0.25) is 0 Å². The first kappa shape index (κ1) is 15.5. The minimum atomic E-state index is -0.627. The normalized spacial score (nSPS) is 15.5. The van der Waals surface area contributed by atoms with Gasteiger partial charge in [0.05, 0.1) is 26.3 Å². The molecule has 1 aromatic rings. The number of morpholine rings is 1. The van der Waals surface area contributed by atoms with E-state index < -0.39 is 11.8 Å². The van der Waals surface area contributed by atoms with Crippen molar-refractivity contribution in [3.05, 3.63) is 29.8 Å². The van der Waals surface area contributed by atoms with E-state index in [-0.39, 0.29) is 0 Å². The minimum Gasteiger partial charge on any atom is -0.370 e. The molecule has 0 saturated carbocycles. The lowest BCUT2D eigenvalue weighted by molar-refractivity contribution is -0.906. The van der Waals surface area contributed by atoms with E-state index in [9.17, 15) is 9.59 Å². The monoisotopic (exact) mass is 292 g/mol. The predicted molar refractivity (Wildman–Crippen MR) is 79.2 cm³/mol. The van der Waals surface area contributed by atoms with Gasteiger partial charge in [0.1, 0.15) is 13.1 Å². The topological polar surface area (TPSA) is 71.9 Å². The third-order valence-corrected chi connectivity index (χ3v) is 3.45. The molecule has 114 valence electrons. The maximum Gasteiger partial charge on any atom is 0.313 e. The summed E-state index contributed by atoms with van der Waals surface area (Å²) in [5.41, 5.74) is 1.66. The number of anilines is 1. The van der Waals surface area contributed by atoms with E-state index in [0.29, 0.717) is 12.2 Å². The Morgan fingerprint density at radius 2 is 2.00 bits per heavy atom. The van der Waals surface area contributed by atoms with Crippen molar-refractivity contribution in [1.29, 1.82) is 0 Å². The molecule has 6 heteroatoms. The van der Waals surface area contributed by atoms with Crippen LogP contribution in [0.15, 0.2) is 24.3 Å². The van der Waals surface area contributed by atoms with Crippen molar-refractivity contribution in [2.75, 3.05) is 44.7 Å². The molecule has 0 aliphatic carbocycles.